The van der Waals surface area contributed by atoms with Crippen LogP contribution < -0.4 is 20.1 Å². The fourth-order valence-corrected chi connectivity index (χ4v) is 3.87. The minimum atomic E-state index is -0.308. The Balaban J connectivity index is 1.70. The first-order chi connectivity index (χ1) is 16.4. The van der Waals surface area contributed by atoms with E-state index in [1.165, 1.54) is 6.07 Å². The van der Waals surface area contributed by atoms with Crippen molar-refractivity contribution in [3.63, 3.8) is 0 Å². The highest BCUT2D eigenvalue weighted by Crippen LogP contribution is 2.37. The minimum absolute atomic E-state index is 0.0879. The summed E-state index contributed by atoms with van der Waals surface area (Å²) in [5, 5.41) is 6.29. The van der Waals surface area contributed by atoms with Crippen LogP contribution in [-0.4, -0.2) is 19.1 Å². The molecule has 0 radical (unpaired) electrons. The van der Waals surface area contributed by atoms with Gasteiger partial charge in [-0.2, -0.15) is 0 Å². The largest absolute Gasteiger partial charge is 0.490 e. The van der Waals surface area contributed by atoms with E-state index in [9.17, 15) is 9.18 Å². The number of benzene rings is 3. The molecule has 34 heavy (non-hydrogen) atoms. The Kier molecular flexibility index (Phi) is 9.33. The van der Waals surface area contributed by atoms with Crippen LogP contribution in [0.3, 0.4) is 0 Å². The lowest BCUT2D eigenvalue weighted by atomic mass is 10.1. The van der Waals surface area contributed by atoms with Crippen LogP contribution in [0.4, 0.5) is 10.1 Å². The molecule has 3 rings (SSSR count). The summed E-state index contributed by atoms with van der Waals surface area (Å²) in [6.45, 7) is 7.72. The van der Waals surface area contributed by atoms with Crippen molar-refractivity contribution in [3.8, 4) is 11.5 Å². The van der Waals surface area contributed by atoms with E-state index in [1.807, 2.05) is 37.3 Å². The van der Waals surface area contributed by atoms with Crippen LogP contribution in [0.15, 0.2) is 65.1 Å². The molecule has 3 aromatic carbocycles. The Morgan fingerprint density at radius 1 is 1.06 bits per heavy atom. The zero-order chi connectivity index (χ0) is 24.5. The van der Waals surface area contributed by atoms with Gasteiger partial charge in [-0.25, -0.2) is 4.39 Å². The van der Waals surface area contributed by atoms with Crippen molar-refractivity contribution in [1.29, 1.82) is 0 Å². The summed E-state index contributed by atoms with van der Waals surface area (Å²) in [7, 11) is 0. The van der Waals surface area contributed by atoms with E-state index in [-0.39, 0.29) is 18.3 Å². The topological polar surface area (TPSA) is 59.6 Å². The van der Waals surface area contributed by atoms with Gasteiger partial charge in [-0.15, -0.1) is 0 Å². The van der Waals surface area contributed by atoms with E-state index < -0.39 is 0 Å². The molecular formula is C27H30BrFN2O3. The van der Waals surface area contributed by atoms with Crippen molar-refractivity contribution in [2.45, 2.75) is 33.9 Å². The second kappa shape index (κ2) is 12.4. The molecule has 0 aliphatic heterocycles. The molecule has 0 aliphatic carbocycles. The lowest BCUT2D eigenvalue weighted by molar-refractivity contribution is 0.0949. The van der Waals surface area contributed by atoms with E-state index in [0.717, 1.165) is 11.3 Å². The summed E-state index contributed by atoms with van der Waals surface area (Å²) in [6, 6.07) is 17.8. The second-order valence-electron chi connectivity index (χ2n) is 8.26. The molecular weight excluding hydrogens is 499 g/mol. The predicted molar refractivity (Wildman–Crippen MR) is 137 cm³/mol. The molecule has 0 aromatic heterocycles. The number of nitrogens with one attached hydrogen (secondary N) is 2. The van der Waals surface area contributed by atoms with E-state index in [4.69, 9.17) is 9.47 Å². The van der Waals surface area contributed by atoms with E-state index >= 15 is 0 Å². The molecule has 0 fully saturated rings. The summed E-state index contributed by atoms with van der Waals surface area (Å²) < 4.78 is 26.4. The third-order valence-electron chi connectivity index (χ3n) is 4.99. The van der Waals surface area contributed by atoms with E-state index in [0.29, 0.717) is 52.7 Å². The summed E-state index contributed by atoms with van der Waals surface area (Å²) >= 11 is 3.57. The van der Waals surface area contributed by atoms with Gasteiger partial charge in [0.25, 0.3) is 5.91 Å². The van der Waals surface area contributed by atoms with Crippen LogP contribution >= 0.6 is 15.9 Å². The summed E-state index contributed by atoms with van der Waals surface area (Å²) in [4.78, 5) is 12.4. The van der Waals surface area contributed by atoms with Crippen LogP contribution in [0, 0.1) is 11.7 Å². The Morgan fingerprint density at radius 3 is 2.59 bits per heavy atom. The highest BCUT2D eigenvalue weighted by Gasteiger charge is 2.14. The normalized spacial score (nSPS) is 10.8. The number of carbonyl (C=O) groups is 1. The molecule has 0 atom stereocenters. The summed E-state index contributed by atoms with van der Waals surface area (Å²) in [5.74, 6) is 1.10. The molecule has 0 heterocycles. The molecule has 0 spiro atoms. The fraction of sp³-hybridized carbons (Fsp3) is 0.296. The van der Waals surface area contributed by atoms with Crippen molar-refractivity contribution in [3.05, 3.63) is 87.6 Å². The third-order valence-corrected chi connectivity index (χ3v) is 5.58. The number of halogens is 2. The predicted octanol–water partition coefficient (Wildman–Crippen LogP) is 6.56. The molecule has 1 amide bonds. The molecule has 7 heteroatoms. The number of carbonyl (C=O) groups excluding carboxylic acids is 1. The van der Waals surface area contributed by atoms with Crippen molar-refractivity contribution < 1.29 is 18.7 Å². The van der Waals surface area contributed by atoms with Gasteiger partial charge in [0.2, 0.25) is 0 Å². The molecule has 0 bridgehead atoms. The summed E-state index contributed by atoms with van der Waals surface area (Å²) in [5.41, 5.74) is 2.88. The average molecular weight is 529 g/mol. The number of hydrogen-bond donors (Lipinski definition) is 2. The van der Waals surface area contributed by atoms with Gasteiger partial charge in [-0.3, -0.25) is 4.79 Å². The number of anilines is 1. The van der Waals surface area contributed by atoms with Crippen LogP contribution in [0.5, 0.6) is 11.5 Å². The van der Waals surface area contributed by atoms with Gasteiger partial charge in [-0.1, -0.05) is 38.1 Å². The zero-order valence-electron chi connectivity index (χ0n) is 19.7. The molecule has 180 valence electrons. The molecule has 0 saturated carbocycles. The lowest BCUT2D eigenvalue weighted by Gasteiger charge is -2.16. The minimum Gasteiger partial charge on any atom is -0.490 e. The monoisotopic (exact) mass is 528 g/mol. The molecule has 0 unspecified atom stereocenters. The van der Waals surface area contributed by atoms with Crippen molar-refractivity contribution in [2.75, 3.05) is 18.5 Å². The zero-order valence-corrected chi connectivity index (χ0v) is 21.2. The van der Waals surface area contributed by atoms with Gasteiger partial charge >= 0.3 is 0 Å². The van der Waals surface area contributed by atoms with Crippen LogP contribution in [0.25, 0.3) is 0 Å². The SMILES string of the molecule is CCOc1cc(CNc2cccc(C(=O)NCC(C)C)c2)cc(Br)c1OCc1ccccc1F. The number of hydrogen-bond acceptors (Lipinski definition) is 4. The van der Waals surface area contributed by atoms with Crippen LogP contribution in [-0.2, 0) is 13.2 Å². The number of ether oxygens (including phenoxy) is 2. The Bertz CT molecular complexity index is 1120. The van der Waals surface area contributed by atoms with E-state index in [2.05, 4.69) is 40.4 Å². The second-order valence-corrected chi connectivity index (χ2v) is 9.11. The van der Waals surface area contributed by atoms with Crippen molar-refractivity contribution >= 4 is 27.5 Å². The highest BCUT2D eigenvalue weighted by molar-refractivity contribution is 9.10. The molecule has 3 aromatic rings. The first-order valence-electron chi connectivity index (χ1n) is 11.3. The number of amides is 1. The molecule has 0 saturated heterocycles. The molecule has 0 aliphatic rings. The van der Waals surface area contributed by atoms with Gasteiger partial charge in [0, 0.05) is 29.9 Å². The molecule has 2 N–H and O–H groups in total. The molecule has 5 nitrogen and oxygen atoms in total. The standard InChI is InChI=1S/C27H30BrFN2O3/c1-4-33-25-13-19(12-23(28)26(25)34-17-21-8-5-6-11-24(21)29)16-30-22-10-7-9-20(14-22)27(32)31-15-18(2)3/h5-14,18,30H,4,15-17H2,1-3H3,(H,31,32). The van der Waals surface area contributed by atoms with Gasteiger partial charge in [0.1, 0.15) is 12.4 Å². The van der Waals surface area contributed by atoms with Crippen LogP contribution in [0.2, 0.25) is 0 Å². The maximum atomic E-state index is 14.0. The quantitative estimate of drug-likeness (QED) is 0.295. The van der Waals surface area contributed by atoms with Crippen LogP contribution in [0.1, 0.15) is 42.3 Å². The maximum absolute atomic E-state index is 14.0. The first kappa shape index (κ1) is 25.6. The van der Waals surface area contributed by atoms with Gasteiger partial charge in [0.15, 0.2) is 11.5 Å². The average Bonchev–Trinajstić information content (AvgIpc) is 2.82. The Morgan fingerprint density at radius 2 is 1.85 bits per heavy atom. The van der Waals surface area contributed by atoms with E-state index in [1.54, 1.807) is 24.3 Å². The number of rotatable bonds is 11. The maximum Gasteiger partial charge on any atom is 0.251 e. The third kappa shape index (κ3) is 7.22. The smallest absolute Gasteiger partial charge is 0.251 e. The lowest BCUT2D eigenvalue weighted by Crippen LogP contribution is -2.27. The van der Waals surface area contributed by atoms with Gasteiger partial charge in [-0.05, 0) is 70.7 Å². The van der Waals surface area contributed by atoms with Crippen molar-refractivity contribution in [1.82, 2.24) is 5.32 Å². The summed E-state index contributed by atoms with van der Waals surface area (Å²) in [6.07, 6.45) is 0. The Hall–Kier alpha value is -3.06. The van der Waals surface area contributed by atoms with Crippen molar-refractivity contribution in [2.24, 2.45) is 5.92 Å². The Labute approximate surface area is 208 Å². The fourth-order valence-electron chi connectivity index (χ4n) is 3.27. The van der Waals surface area contributed by atoms with Gasteiger partial charge < -0.3 is 20.1 Å². The highest BCUT2D eigenvalue weighted by atomic mass is 79.9. The first-order valence-corrected chi connectivity index (χ1v) is 12.1. The van der Waals surface area contributed by atoms with Gasteiger partial charge in [0.05, 0.1) is 11.1 Å².